The number of aliphatic hydroxyl groups excluding tert-OH is 1. The molecular formula is C24H25N3O4. The standard InChI is InChI=1S/C24H25N3O4/c28-22(26-11-13-27(14-12-26)23(29)24(30)9-10-24)20-7-5-18(6-8-20)17-1-3-19(4-2-17)21-15-25-31-16-21/h1-8,15-16,23,29-30H,9-14H2. The van der Waals surface area contributed by atoms with E-state index in [1.54, 1.807) is 12.5 Å². The molecule has 1 amide bonds. The smallest absolute Gasteiger partial charge is 0.253 e. The number of aliphatic hydroxyl groups is 2. The molecule has 5 rings (SSSR count). The van der Waals surface area contributed by atoms with Gasteiger partial charge in [0.1, 0.15) is 18.1 Å². The summed E-state index contributed by atoms with van der Waals surface area (Å²) in [7, 11) is 0. The number of hydrogen-bond acceptors (Lipinski definition) is 6. The van der Waals surface area contributed by atoms with E-state index in [0.29, 0.717) is 44.6 Å². The highest BCUT2D eigenvalue weighted by Crippen LogP contribution is 2.39. The Labute approximate surface area is 180 Å². The number of aromatic nitrogens is 1. The summed E-state index contributed by atoms with van der Waals surface area (Å²) in [6.45, 7) is 2.20. The molecule has 7 heteroatoms. The third-order valence-corrected chi connectivity index (χ3v) is 6.31. The molecule has 2 aliphatic rings. The van der Waals surface area contributed by atoms with Crippen molar-refractivity contribution in [3.05, 3.63) is 66.6 Å². The van der Waals surface area contributed by atoms with Crippen molar-refractivity contribution in [2.45, 2.75) is 24.7 Å². The van der Waals surface area contributed by atoms with Gasteiger partial charge in [0, 0.05) is 37.3 Å². The first-order valence-electron chi connectivity index (χ1n) is 10.6. The highest BCUT2D eigenvalue weighted by atomic mass is 16.5. The normalized spacial score (nSPS) is 19.2. The lowest BCUT2D eigenvalue weighted by Gasteiger charge is -2.38. The molecule has 1 aliphatic carbocycles. The summed E-state index contributed by atoms with van der Waals surface area (Å²) in [5.74, 6) is -0.00590. The van der Waals surface area contributed by atoms with Gasteiger partial charge in [0.25, 0.3) is 5.91 Å². The lowest BCUT2D eigenvalue weighted by molar-refractivity contribution is -0.108. The van der Waals surface area contributed by atoms with Gasteiger partial charge in [0.05, 0.1) is 6.20 Å². The minimum atomic E-state index is -0.949. The minimum Gasteiger partial charge on any atom is -0.386 e. The first kappa shape index (κ1) is 19.9. The first-order chi connectivity index (χ1) is 15.0. The number of nitrogens with zero attached hydrogens (tertiary/aromatic N) is 3. The molecule has 1 aromatic heterocycles. The predicted octanol–water partition coefficient (Wildman–Crippen LogP) is 2.61. The van der Waals surface area contributed by atoms with Gasteiger partial charge >= 0.3 is 0 Å². The molecular weight excluding hydrogens is 394 g/mol. The molecule has 2 heterocycles. The zero-order chi connectivity index (χ0) is 21.4. The fraction of sp³-hybridized carbons (Fsp3) is 0.333. The van der Waals surface area contributed by atoms with Crippen LogP contribution in [0.4, 0.5) is 0 Å². The number of carbonyl (C=O) groups excluding carboxylic acids is 1. The van der Waals surface area contributed by atoms with Crippen molar-refractivity contribution in [1.82, 2.24) is 15.0 Å². The second-order valence-electron chi connectivity index (χ2n) is 8.37. The van der Waals surface area contributed by atoms with E-state index in [9.17, 15) is 15.0 Å². The van der Waals surface area contributed by atoms with E-state index in [1.165, 1.54) is 0 Å². The number of amides is 1. The van der Waals surface area contributed by atoms with Crippen LogP contribution in [0.25, 0.3) is 22.3 Å². The second kappa shape index (κ2) is 7.92. The first-order valence-corrected chi connectivity index (χ1v) is 10.6. The number of carbonyl (C=O) groups is 1. The summed E-state index contributed by atoms with van der Waals surface area (Å²) in [6.07, 6.45) is 3.75. The quantitative estimate of drug-likeness (QED) is 0.661. The fourth-order valence-corrected chi connectivity index (χ4v) is 4.09. The largest absolute Gasteiger partial charge is 0.386 e. The van der Waals surface area contributed by atoms with Crippen molar-refractivity contribution in [2.24, 2.45) is 0 Å². The average Bonchev–Trinajstić information content (AvgIpc) is 3.34. The average molecular weight is 419 g/mol. The number of benzene rings is 2. The molecule has 7 nitrogen and oxygen atoms in total. The van der Waals surface area contributed by atoms with Crippen molar-refractivity contribution < 1.29 is 19.5 Å². The van der Waals surface area contributed by atoms with E-state index in [1.807, 2.05) is 58.3 Å². The number of piperazine rings is 1. The van der Waals surface area contributed by atoms with E-state index < -0.39 is 11.8 Å². The molecule has 0 spiro atoms. The monoisotopic (exact) mass is 419 g/mol. The van der Waals surface area contributed by atoms with Crippen LogP contribution >= 0.6 is 0 Å². The van der Waals surface area contributed by atoms with Gasteiger partial charge in [-0.15, -0.1) is 0 Å². The van der Waals surface area contributed by atoms with Crippen LogP contribution in [-0.2, 0) is 0 Å². The Morgan fingerprint density at radius 1 is 0.903 bits per heavy atom. The SMILES string of the molecule is O=C(c1ccc(-c2ccc(-c3cnoc3)cc2)cc1)N1CCN(C(O)C2(O)CC2)CC1. The van der Waals surface area contributed by atoms with Crippen molar-refractivity contribution in [3.63, 3.8) is 0 Å². The van der Waals surface area contributed by atoms with Crippen LogP contribution < -0.4 is 0 Å². The molecule has 1 unspecified atom stereocenters. The van der Waals surface area contributed by atoms with Crippen LogP contribution in [0.2, 0.25) is 0 Å². The highest BCUT2D eigenvalue weighted by Gasteiger charge is 2.50. The maximum absolute atomic E-state index is 12.9. The molecule has 2 aromatic carbocycles. The van der Waals surface area contributed by atoms with Gasteiger partial charge in [0.2, 0.25) is 0 Å². The van der Waals surface area contributed by atoms with Gasteiger partial charge in [-0.3, -0.25) is 9.69 Å². The molecule has 1 saturated heterocycles. The summed E-state index contributed by atoms with van der Waals surface area (Å²) >= 11 is 0. The van der Waals surface area contributed by atoms with Crippen LogP contribution in [0.5, 0.6) is 0 Å². The van der Waals surface area contributed by atoms with Crippen molar-refractivity contribution >= 4 is 5.91 Å². The van der Waals surface area contributed by atoms with Crippen LogP contribution in [0.1, 0.15) is 23.2 Å². The maximum atomic E-state index is 12.9. The van der Waals surface area contributed by atoms with Gasteiger partial charge in [-0.2, -0.15) is 0 Å². The van der Waals surface area contributed by atoms with E-state index in [-0.39, 0.29) is 5.91 Å². The molecule has 0 radical (unpaired) electrons. The number of hydrogen-bond donors (Lipinski definition) is 2. The molecule has 1 saturated carbocycles. The highest BCUT2D eigenvalue weighted by molar-refractivity contribution is 5.94. The Bertz CT molecular complexity index is 1040. The zero-order valence-corrected chi connectivity index (χ0v) is 17.1. The van der Waals surface area contributed by atoms with E-state index in [0.717, 1.165) is 22.3 Å². The van der Waals surface area contributed by atoms with E-state index in [2.05, 4.69) is 5.16 Å². The van der Waals surface area contributed by atoms with Crippen molar-refractivity contribution in [1.29, 1.82) is 0 Å². The Hall–Kier alpha value is -3.00. The van der Waals surface area contributed by atoms with Gasteiger partial charge in [-0.1, -0.05) is 41.6 Å². The minimum absolute atomic E-state index is 0.00590. The predicted molar refractivity (Wildman–Crippen MR) is 115 cm³/mol. The summed E-state index contributed by atoms with van der Waals surface area (Å²) in [6, 6.07) is 15.8. The fourth-order valence-electron chi connectivity index (χ4n) is 4.09. The van der Waals surface area contributed by atoms with Gasteiger partial charge in [-0.05, 0) is 41.7 Å². The van der Waals surface area contributed by atoms with Gasteiger partial charge in [0.15, 0.2) is 0 Å². The Morgan fingerprint density at radius 2 is 1.45 bits per heavy atom. The Morgan fingerprint density at radius 3 is 1.97 bits per heavy atom. The van der Waals surface area contributed by atoms with E-state index in [4.69, 9.17) is 4.52 Å². The number of rotatable bonds is 5. The summed E-state index contributed by atoms with van der Waals surface area (Å²) in [5, 5.41) is 24.1. The molecule has 2 N–H and O–H groups in total. The Kier molecular flexibility index (Phi) is 5.09. The van der Waals surface area contributed by atoms with Crippen molar-refractivity contribution in [2.75, 3.05) is 26.2 Å². The van der Waals surface area contributed by atoms with Crippen LogP contribution in [0, 0.1) is 0 Å². The van der Waals surface area contributed by atoms with E-state index >= 15 is 0 Å². The molecule has 31 heavy (non-hydrogen) atoms. The third kappa shape index (κ3) is 3.99. The summed E-state index contributed by atoms with van der Waals surface area (Å²) < 4.78 is 4.89. The van der Waals surface area contributed by atoms with Gasteiger partial charge < -0.3 is 19.6 Å². The molecule has 1 atom stereocenters. The van der Waals surface area contributed by atoms with Crippen LogP contribution in [0.3, 0.4) is 0 Å². The molecule has 3 aromatic rings. The second-order valence-corrected chi connectivity index (χ2v) is 8.37. The maximum Gasteiger partial charge on any atom is 0.253 e. The van der Waals surface area contributed by atoms with Crippen molar-refractivity contribution in [3.8, 4) is 22.3 Å². The zero-order valence-electron chi connectivity index (χ0n) is 17.1. The molecule has 1 aliphatic heterocycles. The third-order valence-electron chi connectivity index (χ3n) is 6.31. The lowest BCUT2D eigenvalue weighted by Crippen LogP contribution is -2.55. The van der Waals surface area contributed by atoms with Crippen LogP contribution in [0.15, 0.2) is 65.5 Å². The lowest BCUT2D eigenvalue weighted by atomic mass is 10.0. The topological polar surface area (TPSA) is 90.0 Å². The molecule has 2 fully saturated rings. The molecule has 160 valence electrons. The Balaban J connectivity index is 1.21. The van der Waals surface area contributed by atoms with Gasteiger partial charge in [-0.25, -0.2) is 0 Å². The molecule has 0 bridgehead atoms. The summed E-state index contributed by atoms with van der Waals surface area (Å²) in [5.41, 5.74) is 3.79. The van der Waals surface area contributed by atoms with Crippen LogP contribution in [-0.4, -0.2) is 69.1 Å². The summed E-state index contributed by atoms with van der Waals surface area (Å²) in [4.78, 5) is 16.6.